The number of nitrogens with zero attached hydrogens (tertiary/aromatic N) is 2. The number of ether oxygens (including phenoxy) is 7. The van der Waals surface area contributed by atoms with E-state index < -0.39 is 90.7 Å². The van der Waals surface area contributed by atoms with E-state index in [1.54, 1.807) is 7.11 Å². The van der Waals surface area contributed by atoms with E-state index in [0.29, 0.717) is 44.1 Å². The summed E-state index contributed by atoms with van der Waals surface area (Å²) < 4.78 is 85.9. The van der Waals surface area contributed by atoms with Crippen molar-refractivity contribution in [3.05, 3.63) is 28.9 Å². The summed E-state index contributed by atoms with van der Waals surface area (Å²) in [7, 11) is 8.56. The van der Waals surface area contributed by atoms with Crippen molar-refractivity contribution < 1.29 is 61.0 Å². The van der Waals surface area contributed by atoms with E-state index in [2.05, 4.69) is 14.9 Å². The highest BCUT2D eigenvalue weighted by Gasteiger charge is 2.57. The number of nitrogens with one attached hydrogen (secondary N) is 1. The molecule has 0 aromatic carbocycles. The molecule has 0 spiro atoms. The fourth-order valence-electron chi connectivity index (χ4n) is 11.1. The molecular formula is C44H68F3N3O10. The SMILES string of the molecule is CC[C@H]1CCC[C@H](O[C@H]2CC[C@H](N(C)C)C(C)O2)[C@@H](C)C(=O)C2=C[C@H]3[C@@H]4C[C@H](OC(O)C(OC)C(OC)C(OC)C(C)C)C[C@H]4c4nc(C(F)(F)F)[nH]c4[C@H]3[C@@H]2CC(=O)O1. The Hall–Kier alpha value is -2.44. The second-order valence-electron chi connectivity index (χ2n) is 18.3. The zero-order valence-electron chi connectivity index (χ0n) is 36.9. The summed E-state index contributed by atoms with van der Waals surface area (Å²) in [5.41, 5.74) is 0.941. The number of aromatic nitrogens is 2. The van der Waals surface area contributed by atoms with Gasteiger partial charge in [-0.1, -0.05) is 33.8 Å². The summed E-state index contributed by atoms with van der Waals surface area (Å²) in [5, 5.41) is 11.5. The van der Waals surface area contributed by atoms with Gasteiger partial charge in [-0.15, -0.1) is 0 Å². The molecule has 6 rings (SSSR count). The number of rotatable bonds is 13. The average molecular weight is 856 g/mol. The maximum Gasteiger partial charge on any atom is 0.449 e. The number of cyclic esters (lactones) is 1. The standard InChI is InChI=1S/C44H68F3N3O10/c1-11-24-13-12-14-32(60-34-16-15-31(50(6)7)23(5)57-34)22(4)38(52)30-19-27-26-17-25(59-42(53)41(56-10)40(55-9)39(54-8)21(2)3)18-29(26)36-37(49-43(48-36)44(45,46)47)35(27)28(30)20-33(51)58-24/h19,21-29,31-32,34-35,39-42,53H,11-18,20H2,1-10H3,(H,48,49)/t22-,23?,24+,25+,26+,27+,28-,29-,31+,32+,34+,35-,39?,40?,41?,42?/m1/s1. The highest BCUT2D eigenvalue weighted by atomic mass is 19.4. The molecule has 0 amide bonds. The van der Waals surface area contributed by atoms with Crippen LogP contribution in [0.5, 0.6) is 0 Å². The Kier molecular flexibility index (Phi) is 15.3. The molecule has 1 aromatic rings. The largest absolute Gasteiger partial charge is 0.462 e. The van der Waals surface area contributed by atoms with Crippen LogP contribution in [0.15, 0.2) is 11.6 Å². The van der Waals surface area contributed by atoms with Crippen molar-refractivity contribution in [3.63, 3.8) is 0 Å². The van der Waals surface area contributed by atoms with Gasteiger partial charge in [-0.3, -0.25) is 9.59 Å². The van der Waals surface area contributed by atoms with Crippen molar-refractivity contribution in [1.29, 1.82) is 0 Å². The molecule has 3 fully saturated rings. The van der Waals surface area contributed by atoms with Gasteiger partial charge in [-0.05, 0) is 95.7 Å². The van der Waals surface area contributed by atoms with Gasteiger partial charge in [-0.2, -0.15) is 13.2 Å². The van der Waals surface area contributed by atoms with Crippen LogP contribution in [0.4, 0.5) is 13.2 Å². The van der Waals surface area contributed by atoms with Gasteiger partial charge in [0.1, 0.15) is 18.3 Å². The van der Waals surface area contributed by atoms with E-state index in [-0.39, 0.29) is 60.1 Å². The van der Waals surface area contributed by atoms with Crippen molar-refractivity contribution in [1.82, 2.24) is 14.9 Å². The van der Waals surface area contributed by atoms with Crippen LogP contribution >= 0.6 is 0 Å². The number of allylic oxidation sites excluding steroid dienone is 2. The maximum absolute atomic E-state index is 14.9. The number of fused-ring (bicyclic) bond motifs is 8. The van der Waals surface area contributed by atoms with Crippen LogP contribution in [0.25, 0.3) is 0 Å². The number of carbonyl (C=O) groups excluding carboxylic acids is 2. The quantitative estimate of drug-likeness (QED) is 0.164. The Labute approximate surface area is 352 Å². The predicted molar refractivity (Wildman–Crippen MR) is 214 cm³/mol. The lowest BCUT2D eigenvalue weighted by molar-refractivity contribution is -0.236. The summed E-state index contributed by atoms with van der Waals surface area (Å²) in [6, 6.07) is 0.238. The van der Waals surface area contributed by atoms with E-state index in [1.165, 1.54) is 14.2 Å². The van der Waals surface area contributed by atoms with Gasteiger partial charge < -0.3 is 48.1 Å². The molecule has 2 saturated heterocycles. The van der Waals surface area contributed by atoms with Crippen LogP contribution in [0, 0.1) is 29.6 Å². The Morgan fingerprint density at radius 2 is 1.68 bits per heavy atom. The molecule has 2 N–H and O–H groups in total. The number of imidazole rings is 1. The number of H-pyrrole nitrogens is 1. The Balaban J connectivity index is 1.33. The fraction of sp³-hybridized carbons (Fsp3) is 0.841. The second-order valence-corrected chi connectivity index (χ2v) is 18.3. The number of methoxy groups -OCH3 is 3. The average Bonchev–Trinajstić information content (AvgIpc) is 3.91. The molecule has 5 aliphatic rings. The third-order valence-electron chi connectivity index (χ3n) is 14.1. The fourth-order valence-corrected chi connectivity index (χ4v) is 11.1. The van der Waals surface area contributed by atoms with Gasteiger partial charge in [0.2, 0.25) is 5.82 Å². The van der Waals surface area contributed by atoms with Gasteiger partial charge in [0.15, 0.2) is 18.4 Å². The van der Waals surface area contributed by atoms with Crippen molar-refractivity contribution in [2.45, 2.75) is 172 Å². The van der Waals surface area contributed by atoms with Gasteiger partial charge in [0, 0.05) is 56.7 Å². The van der Waals surface area contributed by atoms with Crippen molar-refractivity contribution in [2.75, 3.05) is 35.4 Å². The molecule has 60 heavy (non-hydrogen) atoms. The smallest absolute Gasteiger partial charge is 0.449 e. The van der Waals surface area contributed by atoms with E-state index in [0.717, 1.165) is 6.42 Å². The Bertz CT molecular complexity index is 1650. The molecule has 3 heterocycles. The molecule has 5 unspecified atom stereocenters. The van der Waals surface area contributed by atoms with Gasteiger partial charge in [0.25, 0.3) is 0 Å². The Morgan fingerprint density at radius 1 is 0.983 bits per heavy atom. The van der Waals surface area contributed by atoms with Gasteiger partial charge in [0.05, 0.1) is 36.5 Å². The zero-order chi connectivity index (χ0) is 43.8. The number of carbonyl (C=O) groups is 2. The highest BCUT2D eigenvalue weighted by molar-refractivity contribution is 5.99. The first kappa shape index (κ1) is 47.0. The van der Waals surface area contributed by atoms with E-state index in [1.807, 2.05) is 54.8 Å². The number of aliphatic hydroxyl groups excluding tert-OH is 1. The monoisotopic (exact) mass is 855 g/mol. The summed E-state index contributed by atoms with van der Waals surface area (Å²) >= 11 is 0. The normalized spacial score (nSPS) is 36.0. The van der Waals surface area contributed by atoms with Crippen LogP contribution in [-0.2, 0) is 48.9 Å². The lowest BCUT2D eigenvalue weighted by atomic mass is 9.67. The first-order valence-corrected chi connectivity index (χ1v) is 21.9. The number of esters is 1. The predicted octanol–water partition coefficient (Wildman–Crippen LogP) is 6.54. The number of hydrogen-bond acceptors (Lipinski definition) is 12. The van der Waals surface area contributed by atoms with Crippen LogP contribution < -0.4 is 0 Å². The zero-order valence-corrected chi connectivity index (χ0v) is 36.9. The second kappa shape index (κ2) is 19.5. The molecule has 1 aromatic heterocycles. The molecular weight excluding hydrogens is 787 g/mol. The van der Waals surface area contributed by atoms with E-state index in [9.17, 15) is 27.9 Å². The first-order chi connectivity index (χ1) is 28.4. The number of aromatic amines is 1. The van der Waals surface area contributed by atoms with Gasteiger partial charge >= 0.3 is 12.1 Å². The van der Waals surface area contributed by atoms with E-state index in [4.69, 9.17) is 33.2 Å². The topological polar surface area (TPSA) is 151 Å². The van der Waals surface area contributed by atoms with Crippen molar-refractivity contribution >= 4 is 11.8 Å². The molecule has 13 nitrogen and oxygen atoms in total. The third kappa shape index (κ3) is 9.70. The number of Topliss-reactive ketones (excluding diaryl/α,β-unsaturated/α-hetero) is 1. The number of aliphatic hydroxyl groups is 1. The summed E-state index contributed by atoms with van der Waals surface area (Å²) in [6.07, 6.45) is -4.03. The molecule has 340 valence electrons. The first-order valence-electron chi connectivity index (χ1n) is 21.9. The molecule has 0 bridgehead atoms. The molecule has 2 aliphatic heterocycles. The van der Waals surface area contributed by atoms with Crippen molar-refractivity contribution in [2.24, 2.45) is 29.6 Å². The Morgan fingerprint density at radius 3 is 2.28 bits per heavy atom. The maximum atomic E-state index is 14.9. The summed E-state index contributed by atoms with van der Waals surface area (Å²) in [5.74, 6) is -5.09. The molecule has 16 heteroatoms. The van der Waals surface area contributed by atoms with E-state index >= 15 is 0 Å². The molecule has 3 aliphatic carbocycles. The minimum Gasteiger partial charge on any atom is -0.462 e. The lowest BCUT2D eigenvalue weighted by Gasteiger charge is -2.40. The number of alkyl halides is 3. The molecule has 1 saturated carbocycles. The minimum atomic E-state index is -4.77. The van der Waals surface area contributed by atoms with Crippen LogP contribution in [-0.4, -0.2) is 129 Å². The number of hydrogen-bond donors (Lipinski definition) is 2. The lowest BCUT2D eigenvalue weighted by Crippen LogP contribution is -2.50. The molecule has 0 radical (unpaired) electrons. The van der Waals surface area contributed by atoms with Crippen LogP contribution in [0.1, 0.15) is 121 Å². The van der Waals surface area contributed by atoms with Gasteiger partial charge in [-0.25, -0.2) is 4.98 Å². The van der Waals surface area contributed by atoms with Crippen LogP contribution in [0.3, 0.4) is 0 Å². The number of ketones is 1. The highest BCUT2D eigenvalue weighted by Crippen LogP contribution is 2.61. The van der Waals surface area contributed by atoms with Crippen LogP contribution in [0.2, 0.25) is 0 Å². The number of halogens is 3. The minimum absolute atomic E-state index is 0.0178. The molecule has 16 atom stereocenters. The van der Waals surface area contributed by atoms with Crippen molar-refractivity contribution in [3.8, 4) is 0 Å². The number of likely N-dealkylation sites (N-methyl/N-ethyl adjacent to an activating group) is 1. The third-order valence-corrected chi connectivity index (χ3v) is 14.1. The summed E-state index contributed by atoms with van der Waals surface area (Å²) in [4.78, 5) is 37.7. The summed E-state index contributed by atoms with van der Waals surface area (Å²) in [6.45, 7) is 9.76.